The summed E-state index contributed by atoms with van der Waals surface area (Å²) >= 11 is 10.9. The average molecular weight is 345 g/mol. The second-order valence-corrected chi connectivity index (χ2v) is 5.79. The number of aromatic nitrogens is 2. The first-order chi connectivity index (χ1) is 8.69. The van der Waals surface area contributed by atoms with Crippen molar-refractivity contribution in [2.45, 2.75) is 16.8 Å². The Hall–Kier alpha value is -0.780. The van der Waals surface area contributed by atoms with Gasteiger partial charge in [0, 0.05) is 22.7 Å². The van der Waals surface area contributed by atoms with Crippen LogP contribution in [0.3, 0.4) is 0 Å². The molecule has 0 aliphatic rings. The molecule has 0 amide bonds. The van der Waals surface area contributed by atoms with Crippen LogP contribution in [0.2, 0.25) is 5.02 Å². The second kappa shape index (κ2) is 6.41. The van der Waals surface area contributed by atoms with Gasteiger partial charge in [0.1, 0.15) is 5.03 Å². The van der Waals surface area contributed by atoms with Gasteiger partial charge in [-0.1, -0.05) is 23.4 Å². The van der Waals surface area contributed by atoms with Crippen molar-refractivity contribution in [1.29, 1.82) is 0 Å². The van der Waals surface area contributed by atoms with Crippen molar-refractivity contribution in [1.82, 2.24) is 9.97 Å². The molecule has 0 spiro atoms. The lowest BCUT2D eigenvalue weighted by Gasteiger charge is -2.06. The fourth-order valence-corrected chi connectivity index (χ4v) is 2.62. The Bertz CT molecular complexity index is 533. The third kappa shape index (κ3) is 3.60. The van der Waals surface area contributed by atoms with Crippen LogP contribution in [0.4, 0.5) is 5.95 Å². The molecule has 6 heteroatoms. The van der Waals surface area contributed by atoms with Gasteiger partial charge in [0.15, 0.2) is 0 Å². The van der Waals surface area contributed by atoms with Gasteiger partial charge in [0.25, 0.3) is 0 Å². The molecular weight excluding hydrogens is 334 g/mol. The summed E-state index contributed by atoms with van der Waals surface area (Å²) in [5.74, 6) is 0.636. The maximum atomic E-state index is 5.86. The fourth-order valence-electron chi connectivity index (χ4n) is 1.28. The minimum absolute atomic E-state index is 0.636. The molecule has 0 fully saturated rings. The first-order valence-electron chi connectivity index (χ1n) is 5.39. The Morgan fingerprint density at radius 3 is 2.72 bits per heavy atom. The van der Waals surface area contributed by atoms with Crippen molar-refractivity contribution >= 4 is 45.2 Å². The van der Waals surface area contributed by atoms with E-state index in [9.17, 15) is 0 Å². The smallest absolute Gasteiger partial charge is 0.223 e. The molecule has 0 saturated heterocycles. The normalized spacial score (nSPS) is 10.4. The zero-order valence-corrected chi connectivity index (χ0v) is 12.8. The predicted molar refractivity (Wildman–Crippen MR) is 79.5 cm³/mol. The second-order valence-electron chi connectivity index (χ2n) is 3.43. The van der Waals surface area contributed by atoms with E-state index in [4.69, 9.17) is 11.6 Å². The highest BCUT2D eigenvalue weighted by Gasteiger charge is 2.06. The van der Waals surface area contributed by atoms with E-state index in [1.54, 1.807) is 18.0 Å². The molecule has 1 aromatic carbocycles. The van der Waals surface area contributed by atoms with Crippen LogP contribution in [0.15, 0.2) is 44.9 Å². The fraction of sp³-hybridized carbons (Fsp3) is 0.167. The van der Waals surface area contributed by atoms with Crippen LogP contribution >= 0.6 is 39.3 Å². The van der Waals surface area contributed by atoms with Crippen LogP contribution in [0, 0.1) is 0 Å². The number of halogens is 2. The number of nitrogens with one attached hydrogen (secondary N) is 1. The lowest BCUT2D eigenvalue weighted by molar-refractivity contribution is 0.999. The van der Waals surface area contributed by atoms with Gasteiger partial charge in [-0.25, -0.2) is 9.97 Å². The molecule has 18 heavy (non-hydrogen) atoms. The van der Waals surface area contributed by atoms with Crippen molar-refractivity contribution in [2.24, 2.45) is 0 Å². The Labute approximate surface area is 124 Å². The summed E-state index contributed by atoms with van der Waals surface area (Å²) in [6.07, 6.45) is 1.75. The molecule has 0 aliphatic heterocycles. The lowest BCUT2D eigenvalue weighted by Crippen LogP contribution is -2.02. The molecule has 3 nitrogen and oxygen atoms in total. The third-order valence-corrected chi connectivity index (χ3v) is 4.18. The third-order valence-electron chi connectivity index (χ3n) is 2.07. The van der Waals surface area contributed by atoms with Crippen LogP contribution in [-0.2, 0) is 0 Å². The highest BCUT2D eigenvalue weighted by atomic mass is 79.9. The molecule has 1 heterocycles. The van der Waals surface area contributed by atoms with Gasteiger partial charge < -0.3 is 5.32 Å². The van der Waals surface area contributed by atoms with Crippen LogP contribution < -0.4 is 5.32 Å². The van der Waals surface area contributed by atoms with Gasteiger partial charge in [-0.05, 0) is 47.1 Å². The van der Waals surface area contributed by atoms with Crippen LogP contribution in [0.25, 0.3) is 0 Å². The van der Waals surface area contributed by atoms with Crippen LogP contribution in [0.5, 0.6) is 0 Å². The number of hydrogen-bond donors (Lipinski definition) is 1. The summed E-state index contributed by atoms with van der Waals surface area (Å²) < 4.78 is 0.879. The molecule has 1 aromatic heterocycles. The van der Waals surface area contributed by atoms with E-state index in [1.807, 2.05) is 31.2 Å². The molecule has 0 atom stereocenters. The van der Waals surface area contributed by atoms with Crippen LogP contribution in [0.1, 0.15) is 6.92 Å². The monoisotopic (exact) mass is 343 g/mol. The maximum Gasteiger partial charge on any atom is 0.223 e. The Morgan fingerprint density at radius 2 is 2.06 bits per heavy atom. The van der Waals surface area contributed by atoms with Gasteiger partial charge in [-0.3, -0.25) is 0 Å². The number of hydrogen-bond acceptors (Lipinski definition) is 4. The molecule has 0 unspecified atom stereocenters. The van der Waals surface area contributed by atoms with Crippen molar-refractivity contribution < 1.29 is 0 Å². The molecule has 0 bridgehead atoms. The van der Waals surface area contributed by atoms with Crippen molar-refractivity contribution in [2.75, 3.05) is 11.9 Å². The van der Waals surface area contributed by atoms with Crippen molar-refractivity contribution in [3.05, 3.63) is 40.0 Å². The number of anilines is 1. The molecule has 0 aliphatic carbocycles. The minimum Gasteiger partial charge on any atom is -0.354 e. The van der Waals surface area contributed by atoms with Gasteiger partial charge in [0.2, 0.25) is 5.95 Å². The summed E-state index contributed by atoms with van der Waals surface area (Å²) in [5.41, 5.74) is 0. The predicted octanol–water partition coefficient (Wildman–Crippen LogP) is 4.48. The van der Waals surface area contributed by atoms with Crippen molar-refractivity contribution in [3.8, 4) is 0 Å². The zero-order valence-electron chi connectivity index (χ0n) is 9.65. The first kappa shape index (κ1) is 13.6. The Morgan fingerprint density at radius 1 is 1.33 bits per heavy atom. The summed E-state index contributed by atoms with van der Waals surface area (Å²) in [6, 6.07) is 7.66. The van der Waals surface area contributed by atoms with Gasteiger partial charge >= 0.3 is 0 Å². The highest BCUT2D eigenvalue weighted by molar-refractivity contribution is 9.10. The van der Waals surface area contributed by atoms with Gasteiger partial charge in [0.05, 0.1) is 4.47 Å². The Balaban J connectivity index is 2.22. The van der Waals surface area contributed by atoms with E-state index in [0.29, 0.717) is 5.95 Å². The lowest BCUT2D eigenvalue weighted by atomic mass is 10.4. The zero-order chi connectivity index (χ0) is 13.0. The highest BCUT2D eigenvalue weighted by Crippen LogP contribution is 2.32. The SMILES string of the molecule is CCNc1ncc(Br)c(Sc2ccc(Cl)cc2)n1. The number of benzene rings is 1. The quantitative estimate of drug-likeness (QED) is 0.830. The first-order valence-corrected chi connectivity index (χ1v) is 7.37. The molecule has 1 N–H and O–H groups in total. The summed E-state index contributed by atoms with van der Waals surface area (Å²) in [6.45, 7) is 2.81. The average Bonchev–Trinajstić information content (AvgIpc) is 2.36. The number of rotatable bonds is 4. The minimum atomic E-state index is 0.636. The molecule has 0 radical (unpaired) electrons. The molecule has 2 rings (SSSR count). The number of nitrogens with zero attached hydrogens (tertiary/aromatic N) is 2. The molecule has 0 saturated carbocycles. The standard InChI is InChI=1S/C12H11BrClN3S/c1-2-15-12-16-7-10(13)11(17-12)18-9-5-3-8(14)4-6-9/h3-7H,2H2,1H3,(H,15,16,17). The summed E-state index contributed by atoms with van der Waals surface area (Å²) in [5, 5.41) is 4.70. The van der Waals surface area contributed by atoms with Gasteiger partial charge in [-0.15, -0.1) is 0 Å². The van der Waals surface area contributed by atoms with E-state index in [1.165, 1.54) is 0 Å². The Kier molecular flexibility index (Phi) is 4.86. The summed E-state index contributed by atoms with van der Waals surface area (Å²) in [4.78, 5) is 9.71. The topological polar surface area (TPSA) is 37.8 Å². The molecular formula is C12H11BrClN3S. The maximum absolute atomic E-state index is 5.86. The van der Waals surface area contributed by atoms with E-state index < -0.39 is 0 Å². The summed E-state index contributed by atoms with van der Waals surface area (Å²) in [7, 11) is 0. The van der Waals surface area contributed by atoms with E-state index in [2.05, 4.69) is 31.2 Å². The van der Waals surface area contributed by atoms with Gasteiger partial charge in [-0.2, -0.15) is 0 Å². The van der Waals surface area contributed by atoms with E-state index in [-0.39, 0.29) is 0 Å². The molecule has 94 valence electrons. The molecule has 2 aromatic rings. The van der Waals surface area contributed by atoms with E-state index >= 15 is 0 Å². The van der Waals surface area contributed by atoms with Crippen molar-refractivity contribution in [3.63, 3.8) is 0 Å². The van der Waals surface area contributed by atoms with Crippen LogP contribution in [-0.4, -0.2) is 16.5 Å². The van der Waals surface area contributed by atoms with E-state index in [0.717, 1.165) is 26.0 Å². The largest absolute Gasteiger partial charge is 0.354 e.